The van der Waals surface area contributed by atoms with Crippen molar-refractivity contribution in [2.24, 2.45) is 0 Å². The number of nitrogens with zero attached hydrogens (tertiary/aromatic N) is 2. The fraction of sp³-hybridized carbons (Fsp3) is 0.385. The molecule has 0 bridgehead atoms. The third-order valence-electron chi connectivity index (χ3n) is 3.36. The van der Waals surface area contributed by atoms with Crippen molar-refractivity contribution >= 4 is 17.8 Å². The molecular weight excluding hydrogens is 246 g/mol. The molecule has 5 heteroatoms. The zero-order valence-corrected chi connectivity index (χ0v) is 10.7. The van der Waals surface area contributed by atoms with Gasteiger partial charge in [-0.05, 0) is 35.8 Å². The summed E-state index contributed by atoms with van der Waals surface area (Å²) in [6.45, 7) is 0.432. The number of amides is 2. The normalized spacial score (nSPS) is 22.3. The lowest BCUT2D eigenvalue weighted by molar-refractivity contribution is 0.232. The Morgan fingerprint density at radius 3 is 3.17 bits per heavy atom. The Kier molecular flexibility index (Phi) is 2.88. The molecule has 18 heavy (non-hydrogen) atoms. The van der Waals surface area contributed by atoms with Crippen molar-refractivity contribution in [3.63, 3.8) is 0 Å². The van der Waals surface area contributed by atoms with Crippen molar-refractivity contribution in [2.45, 2.75) is 23.8 Å². The number of carbonyl (C=O) groups excluding carboxylic acids is 1. The number of urea groups is 1. The summed E-state index contributed by atoms with van der Waals surface area (Å²) in [4.78, 5) is 14.0. The van der Waals surface area contributed by atoms with Crippen LogP contribution in [-0.4, -0.2) is 23.2 Å². The number of benzene rings is 1. The quantitative estimate of drug-likeness (QED) is 0.787. The van der Waals surface area contributed by atoms with E-state index in [9.17, 15) is 4.79 Å². The summed E-state index contributed by atoms with van der Waals surface area (Å²) in [5, 5.41) is 11.6. The number of hydrogen-bond donors (Lipinski definition) is 1. The van der Waals surface area contributed by atoms with Crippen molar-refractivity contribution in [1.82, 2.24) is 10.2 Å². The molecule has 1 aromatic carbocycles. The van der Waals surface area contributed by atoms with E-state index >= 15 is 0 Å². The SMILES string of the molecule is N#CN1CC(c2ccc3c(c2)CCCS3)NC1=O. The van der Waals surface area contributed by atoms with Gasteiger partial charge < -0.3 is 5.32 Å². The number of hydrogen-bond acceptors (Lipinski definition) is 3. The highest BCUT2D eigenvalue weighted by Crippen LogP contribution is 2.32. The van der Waals surface area contributed by atoms with Gasteiger partial charge in [0.2, 0.25) is 0 Å². The van der Waals surface area contributed by atoms with Crippen LogP contribution in [0, 0.1) is 11.5 Å². The Balaban J connectivity index is 1.86. The van der Waals surface area contributed by atoms with E-state index in [2.05, 4.69) is 23.5 Å². The van der Waals surface area contributed by atoms with Crippen LogP contribution in [0.5, 0.6) is 0 Å². The van der Waals surface area contributed by atoms with Gasteiger partial charge in [-0.25, -0.2) is 9.69 Å². The molecule has 0 saturated carbocycles. The average Bonchev–Trinajstić information content (AvgIpc) is 2.79. The zero-order chi connectivity index (χ0) is 12.5. The summed E-state index contributed by atoms with van der Waals surface area (Å²) in [7, 11) is 0. The lowest BCUT2D eigenvalue weighted by atomic mass is 10.0. The number of carbonyl (C=O) groups is 1. The van der Waals surface area contributed by atoms with Gasteiger partial charge in [0.25, 0.3) is 0 Å². The van der Waals surface area contributed by atoms with E-state index in [0.717, 1.165) is 12.0 Å². The fourth-order valence-electron chi connectivity index (χ4n) is 2.41. The highest BCUT2D eigenvalue weighted by molar-refractivity contribution is 7.99. The number of rotatable bonds is 1. The monoisotopic (exact) mass is 259 g/mol. The molecule has 1 N–H and O–H groups in total. The Hall–Kier alpha value is -1.67. The van der Waals surface area contributed by atoms with Gasteiger partial charge in [-0.2, -0.15) is 5.26 Å². The van der Waals surface area contributed by atoms with Crippen LogP contribution in [-0.2, 0) is 6.42 Å². The second kappa shape index (κ2) is 4.54. The minimum Gasteiger partial charge on any atom is -0.328 e. The topological polar surface area (TPSA) is 56.1 Å². The third kappa shape index (κ3) is 1.93. The highest BCUT2D eigenvalue weighted by Gasteiger charge is 2.30. The molecule has 1 saturated heterocycles. The third-order valence-corrected chi connectivity index (χ3v) is 4.57. The number of aryl methyl sites for hydroxylation is 1. The summed E-state index contributed by atoms with van der Waals surface area (Å²) in [5.41, 5.74) is 2.47. The van der Waals surface area contributed by atoms with Gasteiger partial charge >= 0.3 is 6.03 Å². The van der Waals surface area contributed by atoms with Crippen LogP contribution >= 0.6 is 11.8 Å². The Morgan fingerprint density at radius 2 is 2.39 bits per heavy atom. The molecule has 2 aliphatic rings. The van der Waals surface area contributed by atoms with E-state index in [-0.39, 0.29) is 12.1 Å². The van der Waals surface area contributed by atoms with E-state index in [1.165, 1.54) is 27.5 Å². The fourth-order valence-corrected chi connectivity index (χ4v) is 3.43. The van der Waals surface area contributed by atoms with Crippen LogP contribution in [0.2, 0.25) is 0 Å². The largest absolute Gasteiger partial charge is 0.331 e. The van der Waals surface area contributed by atoms with E-state index in [0.29, 0.717) is 6.54 Å². The predicted molar refractivity (Wildman–Crippen MR) is 69.1 cm³/mol. The van der Waals surface area contributed by atoms with Gasteiger partial charge in [-0.1, -0.05) is 12.1 Å². The van der Waals surface area contributed by atoms with E-state index in [1.54, 1.807) is 0 Å². The number of fused-ring (bicyclic) bond motifs is 1. The van der Waals surface area contributed by atoms with Crippen molar-refractivity contribution in [1.29, 1.82) is 5.26 Å². The summed E-state index contributed by atoms with van der Waals surface area (Å²) in [5.74, 6) is 1.19. The predicted octanol–water partition coefficient (Wildman–Crippen LogP) is 2.27. The smallest absolute Gasteiger partial charge is 0.328 e. The molecule has 0 aliphatic carbocycles. The standard InChI is InChI=1S/C13H13N3OS/c14-8-16-7-11(15-13(16)17)9-3-4-12-10(6-9)2-1-5-18-12/h3-4,6,11H,1-2,5,7H2,(H,15,17). The Labute approximate surface area is 110 Å². The van der Waals surface area contributed by atoms with Crippen LogP contribution < -0.4 is 5.32 Å². The van der Waals surface area contributed by atoms with Gasteiger partial charge in [-0.15, -0.1) is 11.8 Å². The van der Waals surface area contributed by atoms with Gasteiger partial charge in [0.1, 0.15) is 0 Å². The second-order valence-electron chi connectivity index (χ2n) is 4.53. The van der Waals surface area contributed by atoms with Gasteiger partial charge in [0.05, 0.1) is 12.6 Å². The average molecular weight is 259 g/mol. The van der Waals surface area contributed by atoms with Crippen molar-refractivity contribution in [3.8, 4) is 6.19 Å². The van der Waals surface area contributed by atoms with Crippen molar-refractivity contribution in [2.75, 3.05) is 12.3 Å². The summed E-state index contributed by atoms with van der Waals surface area (Å²) in [6, 6.07) is 6.01. The zero-order valence-electron chi connectivity index (χ0n) is 9.85. The Morgan fingerprint density at radius 1 is 1.50 bits per heavy atom. The van der Waals surface area contributed by atoms with Crippen molar-refractivity contribution < 1.29 is 4.79 Å². The molecule has 92 valence electrons. The molecule has 2 aliphatic heterocycles. The highest BCUT2D eigenvalue weighted by atomic mass is 32.2. The number of nitrogens with one attached hydrogen (secondary N) is 1. The lowest BCUT2D eigenvalue weighted by Crippen LogP contribution is -2.23. The molecule has 0 aromatic heterocycles. The van der Waals surface area contributed by atoms with Crippen LogP contribution in [0.15, 0.2) is 23.1 Å². The van der Waals surface area contributed by atoms with Gasteiger partial charge in [0, 0.05) is 4.90 Å². The van der Waals surface area contributed by atoms with E-state index < -0.39 is 0 Å². The maximum atomic E-state index is 11.5. The van der Waals surface area contributed by atoms with Gasteiger partial charge in [0.15, 0.2) is 6.19 Å². The van der Waals surface area contributed by atoms with E-state index in [1.807, 2.05) is 18.0 Å². The van der Waals surface area contributed by atoms with Crippen LogP contribution in [0.3, 0.4) is 0 Å². The first kappa shape index (κ1) is 11.4. The summed E-state index contributed by atoms with van der Waals surface area (Å²) >= 11 is 1.90. The summed E-state index contributed by atoms with van der Waals surface area (Å²) in [6.07, 6.45) is 4.21. The molecule has 1 unspecified atom stereocenters. The lowest BCUT2D eigenvalue weighted by Gasteiger charge is -2.18. The first-order valence-corrected chi connectivity index (χ1v) is 7.00. The minimum absolute atomic E-state index is 0.0608. The van der Waals surface area contributed by atoms with Crippen LogP contribution in [0.25, 0.3) is 0 Å². The van der Waals surface area contributed by atoms with Gasteiger partial charge in [-0.3, -0.25) is 0 Å². The maximum Gasteiger partial charge on any atom is 0.331 e. The Bertz CT molecular complexity index is 538. The molecular formula is C13H13N3OS. The molecule has 4 nitrogen and oxygen atoms in total. The molecule has 2 heterocycles. The minimum atomic E-state index is -0.297. The van der Waals surface area contributed by atoms with Crippen LogP contribution in [0.1, 0.15) is 23.6 Å². The summed E-state index contributed by atoms with van der Waals surface area (Å²) < 4.78 is 0. The van der Waals surface area contributed by atoms with Crippen LogP contribution in [0.4, 0.5) is 4.79 Å². The molecule has 3 rings (SSSR count). The number of thioether (sulfide) groups is 1. The molecule has 1 aromatic rings. The maximum absolute atomic E-state index is 11.5. The molecule has 1 atom stereocenters. The molecule has 2 amide bonds. The second-order valence-corrected chi connectivity index (χ2v) is 5.67. The first-order chi connectivity index (χ1) is 8.78. The molecule has 0 radical (unpaired) electrons. The first-order valence-electron chi connectivity index (χ1n) is 6.01. The van der Waals surface area contributed by atoms with Crippen molar-refractivity contribution in [3.05, 3.63) is 29.3 Å². The van der Waals surface area contributed by atoms with E-state index in [4.69, 9.17) is 5.26 Å². The molecule has 1 fully saturated rings. The number of nitriles is 1. The molecule has 0 spiro atoms.